The van der Waals surface area contributed by atoms with Gasteiger partial charge in [-0.3, -0.25) is 4.79 Å². The van der Waals surface area contributed by atoms with Gasteiger partial charge in [-0.25, -0.2) is 4.79 Å². The minimum absolute atomic E-state index is 0.0676. The van der Waals surface area contributed by atoms with E-state index in [4.69, 9.17) is 0 Å². The minimum Gasteiger partial charge on any atom is -0.308 e. The smallest absolute Gasteiger partial charge is 0.308 e. The number of Topliss-reactive ketones (excluding diaryl/α,β-unsaturated/α-hetero) is 1. The lowest BCUT2D eigenvalue weighted by Crippen LogP contribution is -2.33. The molecular formula is C20H22BrN3O2. The Bertz CT molecular complexity index is 784. The van der Waals surface area contributed by atoms with Gasteiger partial charge in [-0.05, 0) is 69.4 Å². The number of benzene rings is 2. The second kappa shape index (κ2) is 8.47. The first-order valence-corrected chi connectivity index (χ1v) is 9.47. The summed E-state index contributed by atoms with van der Waals surface area (Å²) in [7, 11) is 2.08. The van der Waals surface area contributed by atoms with Crippen LogP contribution in [0.4, 0.5) is 16.2 Å². The summed E-state index contributed by atoms with van der Waals surface area (Å²) in [6.07, 6.45) is 1.77. The first-order valence-electron chi connectivity index (χ1n) is 8.67. The summed E-state index contributed by atoms with van der Waals surface area (Å²) in [5.74, 6) is 0.230. The molecule has 1 heterocycles. The van der Waals surface area contributed by atoms with Gasteiger partial charge in [0.25, 0.3) is 0 Å². The zero-order valence-corrected chi connectivity index (χ0v) is 16.3. The predicted molar refractivity (Wildman–Crippen MR) is 108 cm³/mol. The van der Waals surface area contributed by atoms with Crippen LogP contribution in [0, 0.1) is 5.92 Å². The third kappa shape index (κ3) is 4.93. The Morgan fingerprint density at radius 3 is 2.35 bits per heavy atom. The van der Waals surface area contributed by atoms with Gasteiger partial charge in [0.1, 0.15) is 0 Å². The molecule has 1 aliphatic rings. The maximum Gasteiger partial charge on any atom is 0.323 e. The Hall–Kier alpha value is -2.18. The maximum atomic E-state index is 12.7. The Morgan fingerprint density at radius 2 is 1.65 bits per heavy atom. The monoisotopic (exact) mass is 415 g/mol. The molecule has 0 atom stereocenters. The van der Waals surface area contributed by atoms with Gasteiger partial charge in [0.15, 0.2) is 5.78 Å². The number of likely N-dealkylation sites (tertiary alicyclic amines) is 1. The van der Waals surface area contributed by atoms with Crippen molar-refractivity contribution in [1.82, 2.24) is 4.90 Å². The summed E-state index contributed by atoms with van der Waals surface area (Å²) < 4.78 is 0.948. The Balaban J connectivity index is 1.62. The molecule has 0 aromatic heterocycles. The SMILES string of the molecule is CN1CCC(C(=O)c2cccc(NC(=O)Nc3ccc(Br)cc3)c2)CC1. The van der Waals surface area contributed by atoms with Crippen LogP contribution >= 0.6 is 15.9 Å². The minimum atomic E-state index is -0.337. The highest BCUT2D eigenvalue weighted by atomic mass is 79.9. The van der Waals surface area contributed by atoms with E-state index in [1.807, 2.05) is 30.3 Å². The number of rotatable bonds is 4. The van der Waals surface area contributed by atoms with Gasteiger partial charge in [-0.1, -0.05) is 28.1 Å². The first-order chi connectivity index (χ1) is 12.5. The fourth-order valence-corrected chi connectivity index (χ4v) is 3.35. The fraction of sp³-hybridized carbons (Fsp3) is 0.300. The molecule has 0 unspecified atom stereocenters. The average Bonchev–Trinajstić information content (AvgIpc) is 2.64. The number of carbonyl (C=O) groups is 2. The van der Waals surface area contributed by atoms with Crippen LogP contribution in [0.25, 0.3) is 0 Å². The number of anilines is 2. The second-order valence-corrected chi connectivity index (χ2v) is 7.52. The molecular weight excluding hydrogens is 394 g/mol. The summed E-state index contributed by atoms with van der Waals surface area (Å²) in [5, 5.41) is 5.56. The molecule has 1 saturated heterocycles. The van der Waals surface area contributed by atoms with Crippen molar-refractivity contribution in [3.8, 4) is 0 Å². The van der Waals surface area contributed by atoms with Crippen LogP contribution in [0.15, 0.2) is 53.0 Å². The highest BCUT2D eigenvalue weighted by Gasteiger charge is 2.24. The van der Waals surface area contributed by atoms with Crippen molar-refractivity contribution in [2.24, 2.45) is 5.92 Å². The third-order valence-corrected chi connectivity index (χ3v) is 5.13. The number of hydrogen-bond acceptors (Lipinski definition) is 3. The van der Waals surface area contributed by atoms with E-state index in [-0.39, 0.29) is 17.7 Å². The largest absolute Gasteiger partial charge is 0.323 e. The molecule has 26 heavy (non-hydrogen) atoms. The van der Waals surface area contributed by atoms with Crippen molar-refractivity contribution in [3.05, 3.63) is 58.6 Å². The van der Waals surface area contributed by atoms with Crippen LogP contribution in [0.5, 0.6) is 0 Å². The van der Waals surface area contributed by atoms with E-state index in [2.05, 4.69) is 38.5 Å². The number of carbonyl (C=O) groups excluding carboxylic acids is 2. The normalized spacial score (nSPS) is 15.5. The summed E-state index contributed by atoms with van der Waals surface area (Å²) in [6, 6.07) is 14.2. The molecule has 2 aromatic rings. The number of piperidine rings is 1. The number of hydrogen-bond donors (Lipinski definition) is 2. The van der Waals surface area contributed by atoms with E-state index >= 15 is 0 Å². The number of ketones is 1. The maximum absolute atomic E-state index is 12.7. The standard InChI is InChI=1S/C20H22BrN3O2/c1-24-11-9-14(10-12-24)19(25)15-3-2-4-18(13-15)23-20(26)22-17-7-5-16(21)6-8-17/h2-8,13-14H,9-12H2,1H3,(H2,22,23,26). The van der Waals surface area contributed by atoms with E-state index in [1.54, 1.807) is 18.2 Å². The zero-order chi connectivity index (χ0) is 18.5. The molecule has 0 spiro atoms. The molecule has 0 bridgehead atoms. The molecule has 3 rings (SSSR count). The number of urea groups is 1. The van der Waals surface area contributed by atoms with Gasteiger partial charge in [0.2, 0.25) is 0 Å². The fourth-order valence-electron chi connectivity index (χ4n) is 3.08. The number of halogens is 1. The third-order valence-electron chi connectivity index (χ3n) is 4.60. The van der Waals surface area contributed by atoms with Gasteiger partial charge in [-0.15, -0.1) is 0 Å². The highest BCUT2D eigenvalue weighted by Crippen LogP contribution is 2.23. The molecule has 0 aliphatic carbocycles. The van der Waals surface area contributed by atoms with Crippen molar-refractivity contribution in [2.75, 3.05) is 30.8 Å². The van der Waals surface area contributed by atoms with Gasteiger partial charge >= 0.3 is 6.03 Å². The topological polar surface area (TPSA) is 61.4 Å². The molecule has 2 N–H and O–H groups in total. The first kappa shape index (κ1) is 18.6. The number of amides is 2. The molecule has 1 fully saturated rings. The number of nitrogens with one attached hydrogen (secondary N) is 2. The van der Waals surface area contributed by atoms with Crippen molar-refractivity contribution in [3.63, 3.8) is 0 Å². The van der Waals surface area contributed by atoms with Gasteiger partial charge in [0, 0.05) is 27.3 Å². The lowest BCUT2D eigenvalue weighted by molar-refractivity contribution is 0.0857. The summed E-state index contributed by atoms with van der Waals surface area (Å²) >= 11 is 3.36. The molecule has 2 amide bonds. The van der Waals surface area contributed by atoms with Crippen LogP contribution in [0.3, 0.4) is 0 Å². The molecule has 5 nitrogen and oxygen atoms in total. The van der Waals surface area contributed by atoms with Crippen molar-refractivity contribution >= 4 is 39.1 Å². The Morgan fingerprint density at radius 1 is 1.00 bits per heavy atom. The zero-order valence-electron chi connectivity index (χ0n) is 14.7. The average molecular weight is 416 g/mol. The summed E-state index contributed by atoms with van der Waals surface area (Å²) in [4.78, 5) is 27.1. The predicted octanol–water partition coefficient (Wildman–Crippen LogP) is 4.62. The second-order valence-electron chi connectivity index (χ2n) is 6.61. The van der Waals surface area contributed by atoms with Crippen molar-refractivity contribution < 1.29 is 9.59 Å². The lowest BCUT2D eigenvalue weighted by atomic mass is 9.89. The Kier molecular flexibility index (Phi) is 6.06. The van der Waals surface area contributed by atoms with Crippen LogP contribution < -0.4 is 10.6 Å². The van der Waals surface area contributed by atoms with E-state index in [0.29, 0.717) is 16.9 Å². The van der Waals surface area contributed by atoms with E-state index in [9.17, 15) is 9.59 Å². The molecule has 1 aliphatic heterocycles. The Labute approximate surface area is 161 Å². The quantitative estimate of drug-likeness (QED) is 0.716. The van der Waals surface area contributed by atoms with E-state index in [0.717, 1.165) is 30.4 Å². The molecule has 136 valence electrons. The van der Waals surface area contributed by atoms with Crippen LogP contribution in [0.1, 0.15) is 23.2 Å². The van der Waals surface area contributed by atoms with E-state index < -0.39 is 0 Å². The number of nitrogens with zero attached hydrogens (tertiary/aromatic N) is 1. The van der Waals surface area contributed by atoms with Crippen LogP contribution in [-0.4, -0.2) is 36.9 Å². The summed E-state index contributed by atoms with van der Waals surface area (Å²) in [5.41, 5.74) is 1.96. The van der Waals surface area contributed by atoms with Crippen LogP contribution in [-0.2, 0) is 0 Å². The molecule has 0 saturated carbocycles. The summed E-state index contributed by atoms with van der Waals surface area (Å²) in [6.45, 7) is 1.90. The van der Waals surface area contributed by atoms with Gasteiger partial charge in [0.05, 0.1) is 0 Å². The van der Waals surface area contributed by atoms with Gasteiger partial charge in [-0.2, -0.15) is 0 Å². The van der Waals surface area contributed by atoms with Gasteiger partial charge < -0.3 is 15.5 Å². The highest BCUT2D eigenvalue weighted by molar-refractivity contribution is 9.10. The molecule has 2 aromatic carbocycles. The van der Waals surface area contributed by atoms with Crippen LogP contribution in [0.2, 0.25) is 0 Å². The van der Waals surface area contributed by atoms with Crippen molar-refractivity contribution in [1.29, 1.82) is 0 Å². The molecule has 6 heteroatoms. The lowest BCUT2D eigenvalue weighted by Gasteiger charge is -2.28. The molecule has 0 radical (unpaired) electrons. The van der Waals surface area contributed by atoms with E-state index in [1.165, 1.54) is 0 Å². The van der Waals surface area contributed by atoms with Crippen molar-refractivity contribution in [2.45, 2.75) is 12.8 Å².